The largest absolute Gasteiger partial charge is 0.493 e. The SMILES string of the molecule is CCOc1ccc2ccccc2c1C1=N[C@@H](CCP(c2ccccc2)c2ccccc2)CO1. The summed E-state index contributed by atoms with van der Waals surface area (Å²) >= 11 is 0. The van der Waals surface area contributed by atoms with Crippen molar-refractivity contribution < 1.29 is 9.47 Å². The minimum Gasteiger partial charge on any atom is -0.493 e. The Labute approximate surface area is 196 Å². The Morgan fingerprint density at radius 2 is 1.52 bits per heavy atom. The van der Waals surface area contributed by atoms with Gasteiger partial charge < -0.3 is 9.47 Å². The van der Waals surface area contributed by atoms with Crippen LogP contribution in [0.3, 0.4) is 0 Å². The number of ether oxygens (including phenoxy) is 2. The zero-order valence-corrected chi connectivity index (χ0v) is 19.7. The van der Waals surface area contributed by atoms with Crippen LogP contribution in [0, 0.1) is 0 Å². The van der Waals surface area contributed by atoms with Gasteiger partial charge in [-0.2, -0.15) is 0 Å². The smallest absolute Gasteiger partial charge is 0.221 e. The van der Waals surface area contributed by atoms with Crippen LogP contribution in [0.2, 0.25) is 0 Å². The molecule has 4 aromatic carbocycles. The molecule has 0 N–H and O–H groups in total. The van der Waals surface area contributed by atoms with Crippen molar-refractivity contribution in [2.45, 2.75) is 19.4 Å². The van der Waals surface area contributed by atoms with Gasteiger partial charge in [-0.3, -0.25) is 0 Å². The standard InChI is InChI=1S/C29H28NO2P/c1-2-31-27-18-17-22-11-9-10-16-26(22)28(27)29-30-23(21-32-29)19-20-33(24-12-5-3-6-13-24)25-14-7-4-8-15-25/h3-18,23H,2,19-21H2,1H3/t23-/m0/s1. The summed E-state index contributed by atoms with van der Waals surface area (Å²) in [7, 11) is -0.425. The fraction of sp³-hybridized carbons (Fsp3) is 0.207. The Morgan fingerprint density at radius 3 is 2.21 bits per heavy atom. The molecule has 4 aromatic rings. The molecule has 0 unspecified atom stereocenters. The van der Waals surface area contributed by atoms with E-state index < -0.39 is 7.92 Å². The van der Waals surface area contributed by atoms with Crippen LogP contribution in [0.25, 0.3) is 10.8 Å². The lowest BCUT2D eigenvalue weighted by molar-refractivity contribution is 0.310. The fourth-order valence-electron chi connectivity index (χ4n) is 4.35. The Hall–Kier alpha value is -3.16. The lowest BCUT2D eigenvalue weighted by atomic mass is 10.0. The van der Waals surface area contributed by atoms with Crippen molar-refractivity contribution in [3.05, 3.63) is 103 Å². The van der Waals surface area contributed by atoms with E-state index in [1.165, 1.54) is 16.0 Å². The molecule has 0 spiro atoms. The van der Waals surface area contributed by atoms with Gasteiger partial charge in [0.25, 0.3) is 0 Å². The van der Waals surface area contributed by atoms with E-state index in [4.69, 9.17) is 14.5 Å². The summed E-state index contributed by atoms with van der Waals surface area (Å²) in [5, 5.41) is 5.12. The van der Waals surface area contributed by atoms with Gasteiger partial charge in [0.15, 0.2) is 0 Å². The highest BCUT2D eigenvalue weighted by atomic mass is 31.1. The number of fused-ring (bicyclic) bond motifs is 1. The monoisotopic (exact) mass is 453 g/mol. The van der Waals surface area contributed by atoms with Crippen LogP contribution in [-0.2, 0) is 4.74 Å². The van der Waals surface area contributed by atoms with E-state index in [2.05, 4.69) is 91.0 Å². The highest BCUT2D eigenvalue weighted by Gasteiger charge is 2.26. The first-order chi connectivity index (χ1) is 16.3. The van der Waals surface area contributed by atoms with E-state index in [1.807, 2.05) is 13.0 Å². The van der Waals surface area contributed by atoms with Gasteiger partial charge in [-0.05, 0) is 54.9 Å². The predicted molar refractivity (Wildman–Crippen MR) is 140 cm³/mol. The van der Waals surface area contributed by atoms with E-state index in [1.54, 1.807) is 0 Å². The highest BCUT2D eigenvalue weighted by molar-refractivity contribution is 7.73. The third-order valence-corrected chi connectivity index (χ3v) is 8.49. The van der Waals surface area contributed by atoms with Crippen molar-refractivity contribution in [3.8, 4) is 5.75 Å². The summed E-state index contributed by atoms with van der Waals surface area (Å²) in [5.74, 6) is 1.55. The highest BCUT2D eigenvalue weighted by Crippen LogP contribution is 2.36. The molecule has 0 amide bonds. The van der Waals surface area contributed by atoms with Crippen LogP contribution in [0.15, 0.2) is 102 Å². The molecule has 5 rings (SSSR count). The molecule has 1 aliphatic heterocycles. The van der Waals surface area contributed by atoms with Crippen molar-refractivity contribution >= 4 is 35.2 Å². The summed E-state index contributed by atoms with van der Waals surface area (Å²) in [6, 6.07) is 34.4. The minimum absolute atomic E-state index is 0.158. The van der Waals surface area contributed by atoms with Gasteiger partial charge in [0.1, 0.15) is 12.4 Å². The van der Waals surface area contributed by atoms with Crippen LogP contribution in [-0.4, -0.2) is 31.3 Å². The average Bonchev–Trinajstić information content (AvgIpc) is 3.34. The molecule has 0 aliphatic carbocycles. The number of benzene rings is 4. The molecule has 33 heavy (non-hydrogen) atoms. The first kappa shape index (κ1) is 21.7. The van der Waals surface area contributed by atoms with Gasteiger partial charge in [-0.1, -0.05) is 91.0 Å². The van der Waals surface area contributed by atoms with Crippen LogP contribution < -0.4 is 15.3 Å². The van der Waals surface area contributed by atoms with Crippen molar-refractivity contribution in [1.29, 1.82) is 0 Å². The fourth-order valence-corrected chi connectivity index (χ4v) is 6.78. The number of hydrogen-bond acceptors (Lipinski definition) is 3. The molecule has 1 heterocycles. The van der Waals surface area contributed by atoms with Crippen molar-refractivity contribution in [2.24, 2.45) is 4.99 Å². The van der Waals surface area contributed by atoms with Crippen molar-refractivity contribution in [3.63, 3.8) is 0 Å². The maximum Gasteiger partial charge on any atom is 0.221 e. The van der Waals surface area contributed by atoms with Crippen LogP contribution in [0.5, 0.6) is 5.75 Å². The lowest BCUT2D eigenvalue weighted by Crippen LogP contribution is -2.17. The molecular formula is C29H28NO2P. The van der Waals surface area contributed by atoms with Crippen LogP contribution in [0.4, 0.5) is 0 Å². The van der Waals surface area contributed by atoms with E-state index in [-0.39, 0.29) is 6.04 Å². The normalized spacial score (nSPS) is 15.5. The van der Waals surface area contributed by atoms with E-state index in [0.717, 1.165) is 29.3 Å². The molecule has 0 saturated carbocycles. The molecule has 4 heteroatoms. The zero-order chi connectivity index (χ0) is 22.5. The van der Waals surface area contributed by atoms with E-state index in [9.17, 15) is 0 Å². The van der Waals surface area contributed by atoms with Gasteiger partial charge >= 0.3 is 0 Å². The Bertz CT molecular complexity index is 1200. The summed E-state index contributed by atoms with van der Waals surface area (Å²) in [6.07, 6.45) is 2.08. The molecule has 0 aromatic heterocycles. The first-order valence-corrected chi connectivity index (χ1v) is 13.1. The van der Waals surface area contributed by atoms with Crippen molar-refractivity contribution in [1.82, 2.24) is 0 Å². The molecule has 0 radical (unpaired) electrons. The van der Waals surface area contributed by atoms with Gasteiger partial charge in [0.2, 0.25) is 5.90 Å². The number of rotatable bonds is 8. The molecule has 3 nitrogen and oxygen atoms in total. The first-order valence-electron chi connectivity index (χ1n) is 11.6. The maximum atomic E-state index is 6.17. The van der Waals surface area contributed by atoms with Gasteiger partial charge in [0.05, 0.1) is 18.2 Å². The second-order valence-electron chi connectivity index (χ2n) is 8.10. The second-order valence-corrected chi connectivity index (χ2v) is 10.4. The van der Waals surface area contributed by atoms with Crippen molar-refractivity contribution in [2.75, 3.05) is 19.4 Å². The molecule has 1 atom stereocenters. The third kappa shape index (κ3) is 4.79. The average molecular weight is 454 g/mol. The van der Waals surface area contributed by atoms with E-state index >= 15 is 0 Å². The minimum atomic E-state index is -0.425. The quantitative estimate of drug-likeness (QED) is 0.311. The molecule has 0 bridgehead atoms. The summed E-state index contributed by atoms with van der Waals surface area (Å²) in [4.78, 5) is 5.04. The Kier molecular flexibility index (Phi) is 6.69. The third-order valence-electron chi connectivity index (χ3n) is 5.94. The van der Waals surface area contributed by atoms with Crippen LogP contribution in [0.1, 0.15) is 18.9 Å². The van der Waals surface area contributed by atoms with Crippen LogP contribution >= 0.6 is 7.92 Å². The second kappa shape index (κ2) is 10.2. The topological polar surface area (TPSA) is 30.8 Å². The summed E-state index contributed by atoms with van der Waals surface area (Å²) in [6.45, 7) is 3.24. The summed E-state index contributed by atoms with van der Waals surface area (Å²) in [5.41, 5.74) is 0.978. The molecule has 1 aliphatic rings. The Morgan fingerprint density at radius 1 is 0.848 bits per heavy atom. The molecule has 166 valence electrons. The number of nitrogens with zero attached hydrogens (tertiary/aromatic N) is 1. The number of aliphatic imine (C=N–C) groups is 1. The maximum absolute atomic E-state index is 6.17. The molecule has 0 saturated heterocycles. The zero-order valence-electron chi connectivity index (χ0n) is 18.9. The van der Waals surface area contributed by atoms with Gasteiger partial charge in [-0.25, -0.2) is 4.99 Å². The Balaban J connectivity index is 1.40. The molecule has 0 fully saturated rings. The van der Waals surface area contributed by atoms with Gasteiger partial charge in [-0.15, -0.1) is 0 Å². The summed E-state index contributed by atoms with van der Waals surface area (Å²) < 4.78 is 12.1. The predicted octanol–water partition coefficient (Wildman–Crippen LogP) is 5.91. The van der Waals surface area contributed by atoms with Gasteiger partial charge in [0, 0.05) is 0 Å². The lowest BCUT2D eigenvalue weighted by Gasteiger charge is -2.19. The number of hydrogen-bond donors (Lipinski definition) is 0. The van der Waals surface area contributed by atoms with E-state index in [0.29, 0.717) is 19.1 Å². The molecular weight excluding hydrogens is 425 g/mol.